The second-order valence-corrected chi connectivity index (χ2v) is 8.25. The second-order valence-electron chi connectivity index (χ2n) is 8.25. The fourth-order valence-electron chi connectivity index (χ4n) is 4.56. The van der Waals surface area contributed by atoms with Crippen LogP contribution in [0.4, 0.5) is 14.5 Å². The Kier molecular flexibility index (Phi) is 6.70. The maximum Gasteiger partial charge on any atom is 0.193 e. The molecule has 2 fully saturated rings. The van der Waals surface area contributed by atoms with Gasteiger partial charge < -0.3 is 19.9 Å². The Morgan fingerprint density at radius 1 is 1.00 bits per heavy atom. The van der Waals surface area contributed by atoms with Crippen molar-refractivity contribution in [2.45, 2.75) is 18.3 Å². The molecule has 0 radical (unpaired) electrons. The van der Waals surface area contributed by atoms with E-state index in [4.69, 9.17) is 4.74 Å². The largest absolute Gasteiger partial charge is 0.381 e. The van der Waals surface area contributed by atoms with Crippen LogP contribution in [0.5, 0.6) is 0 Å². The minimum absolute atomic E-state index is 0.174. The molecule has 0 bridgehead atoms. The van der Waals surface area contributed by atoms with Crippen molar-refractivity contribution in [3.63, 3.8) is 0 Å². The molecule has 1 N–H and O–H groups in total. The Morgan fingerprint density at radius 3 is 2.35 bits per heavy atom. The molecule has 166 valence electrons. The summed E-state index contributed by atoms with van der Waals surface area (Å²) in [6.45, 7) is 5.37. The van der Waals surface area contributed by atoms with E-state index in [1.165, 1.54) is 18.2 Å². The van der Waals surface area contributed by atoms with E-state index in [0.717, 1.165) is 56.2 Å². The molecule has 2 heterocycles. The van der Waals surface area contributed by atoms with Crippen molar-refractivity contribution in [1.29, 1.82) is 0 Å². The lowest BCUT2D eigenvalue weighted by Crippen LogP contribution is -2.55. The summed E-state index contributed by atoms with van der Waals surface area (Å²) in [7, 11) is 1.80. The van der Waals surface area contributed by atoms with E-state index in [1.54, 1.807) is 19.2 Å². The van der Waals surface area contributed by atoms with Crippen LogP contribution in [0.1, 0.15) is 18.4 Å². The van der Waals surface area contributed by atoms with Crippen molar-refractivity contribution in [3.8, 4) is 0 Å². The summed E-state index contributed by atoms with van der Waals surface area (Å²) < 4.78 is 32.7. The molecule has 0 unspecified atom stereocenters. The number of rotatable bonds is 4. The Bertz CT molecular complexity index is 889. The van der Waals surface area contributed by atoms with Crippen LogP contribution in [-0.4, -0.2) is 63.8 Å². The molecule has 0 aromatic heterocycles. The van der Waals surface area contributed by atoms with Gasteiger partial charge in [-0.25, -0.2) is 8.78 Å². The first kappa shape index (κ1) is 21.6. The first-order valence-corrected chi connectivity index (χ1v) is 10.9. The minimum atomic E-state index is -0.215. The normalized spacial score (nSPS) is 19.4. The number of hydrogen-bond donors (Lipinski definition) is 1. The third-order valence-corrected chi connectivity index (χ3v) is 6.45. The van der Waals surface area contributed by atoms with Gasteiger partial charge in [-0.2, -0.15) is 0 Å². The Hall–Kier alpha value is -2.67. The van der Waals surface area contributed by atoms with E-state index >= 15 is 0 Å². The van der Waals surface area contributed by atoms with Gasteiger partial charge in [0.2, 0.25) is 0 Å². The maximum absolute atomic E-state index is 13.9. The van der Waals surface area contributed by atoms with Crippen LogP contribution in [-0.2, 0) is 10.2 Å². The molecule has 5 nitrogen and oxygen atoms in total. The minimum Gasteiger partial charge on any atom is -0.381 e. The summed E-state index contributed by atoms with van der Waals surface area (Å²) in [6.07, 6.45) is 1.69. The standard InChI is InChI=1S/C24H30F2N4O/c1-27-23(30-13-11-29(12-14-30)22-7-5-20(25)6-8-22)28-18-24(9-15-31-16-10-24)19-3-2-4-21(26)17-19/h2-8,17H,9-16,18H2,1H3,(H,27,28). The number of piperazine rings is 1. The highest BCUT2D eigenvalue weighted by atomic mass is 19.1. The van der Waals surface area contributed by atoms with Gasteiger partial charge >= 0.3 is 0 Å². The van der Waals surface area contributed by atoms with E-state index in [1.807, 2.05) is 18.2 Å². The lowest BCUT2D eigenvalue weighted by Gasteiger charge is -2.41. The van der Waals surface area contributed by atoms with Gasteiger partial charge in [-0.1, -0.05) is 12.1 Å². The van der Waals surface area contributed by atoms with Crippen molar-refractivity contribution in [2.24, 2.45) is 4.99 Å². The zero-order valence-corrected chi connectivity index (χ0v) is 18.0. The number of ether oxygens (including phenoxy) is 1. The zero-order chi connectivity index (χ0) is 21.7. The fourth-order valence-corrected chi connectivity index (χ4v) is 4.56. The molecular weight excluding hydrogens is 398 g/mol. The van der Waals surface area contributed by atoms with Crippen LogP contribution in [0.25, 0.3) is 0 Å². The number of guanidine groups is 1. The maximum atomic E-state index is 13.9. The lowest BCUT2D eigenvalue weighted by atomic mass is 9.74. The van der Waals surface area contributed by atoms with Crippen LogP contribution >= 0.6 is 0 Å². The summed E-state index contributed by atoms with van der Waals surface area (Å²) >= 11 is 0. The molecule has 0 aliphatic carbocycles. The van der Waals surface area contributed by atoms with Gasteiger partial charge in [0.1, 0.15) is 11.6 Å². The summed E-state index contributed by atoms with van der Waals surface area (Å²) in [6, 6.07) is 13.6. The Morgan fingerprint density at radius 2 is 1.71 bits per heavy atom. The number of hydrogen-bond acceptors (Lipinski definition) is 3. The van der Waals surface area contributed by atoms with E-state index in [-0.39, 0.29) is 17.0 Å². The third kappa shape index (κ3) is 4.98. The summed E-state index contributed by atoms with van der Waals surface area (Å²) in [4.78, 5) is 9.01. The van der Waals surface area contributed by atoms with Crippen LogP contribution < -0.4 is 10.2 Å². The number of nitrogens with one attached hydrogen (secondary N) is 1. The van der Waals surface area contributed by atoms with Crippen molar-refractivity contribution in [3.05, 3.63) is 65.7 Å². The average molecular weight is 429 g/mol. The molecule has 4 rings (SSSR count). The van der Waals surface area contributed by atoms with Gasteiger partial charge in [-0.05, 0) is 54.8 Å². The molecule has 7 heteroatoms. The van der Waals surface area contributed by atoms with Gasteiger partial charge in [0.15, 0.2) is 5.96 Å². The lowest BCUT2D eigenvalue weighted by molar-refractivity contribution is 0.0510. The molecule has 2 aliphatic heterocycles. The van der Waals surface area contributed by atoms with Crippen LogP contribution in [0.3, 0.4) is 0 Å². The average Bonchev–Trinajstić information content (AvgIpc) is 2.81. The Balaban J connectivity index is 1.40. The predicted molar refractivity (Wildman–Crippen MR) is 120 cm³/mol. The fraction of sp³-hybridized carbons (Fsp3) is 0.458. The zero-order valence-electron chi connectivity index (χ0n) is 18.0. The third-order valence-electron chi connectivity index (χ3n) is 6.45. The molecule has 0 saturated carbocycles. The first-order chi connectivity index (χ1) is 15.1. The predicted octanol–water partition coefficient (Wildman–Crippen LogP) is 3.41. The molecular formula is C24H30F2N4O. The van der Waals surface area contributed by atoms with Gasteiger partial charge in [-0.15, -0.1) is 0 Å². The number of halogens is 2. The molecule has 2 aliphatic rings. The van der Waals surface area contributed by atoms with Crippen LogP contribution in [0, 0.1) is 11.6 Å². The van der Waals surface area contributed by atoms with Crippen LogP contribution in [0.15, 0.2) is 53.5 Å². The van der Waals surface area contributed by atoms with Crippen molar-refractivity contribution in [2.75, 3.05) is 57.9 Å². The van der Waals surface area contributed by atoms with Gasteiger partial charge in [0.25, 0.3) is 0 Å². The highest BCUT2D eigenvalue weighted by Gasteiger charge is 2.35. The first-order valence-electron chi connectivity index (χ1n) is 10.9. The van der Waals surface area contributed by atoms with Crippen molar-refractivity contribution >= 4 is 11.6 Å². The number of anilines is 1. The van der Waals surface area contributed by atoms with Gasteiger partial charge in [0, 0.05) is 64.1 Å². The van der Waals surface area contributed by atoms with Gasteiger partial charge in [-0.3, -0.25) is 4.99 Å². The summed E-state index contributed by atoms with van der Waals surface area (Å²) in [5.74, 6) is 0.443. The number of aliphatic imine (C=N–C) groups is 1. The second kappa shape index (κ2) is 9.64. The highest BCUT2D eigenvalue weighted by Crippen LogP contribution is 2.34. The number of nitrogens with zero attached hydrogens (tertiary/aromatic N) is 3. The molecule has 0 atom stereocenters. The smallest absolute Gasteiger partial charge is 0.193 e. The van der Waals surface area contributed by atoms with Gasteiger partial charge in [0.05, 0.1) is 0 Å². The molecule has 0 amide bonds. The molecule has 2 saturated heterocycles. The highest BCUT2D eigenvalue weighted by molar-refractivity contribution is 5.80. The van der Waals surface area contributed by atoms with E-state index in [2.05, 4.69) is 20.1 Å². The molecule has 2 aromatic rings. The van der Waals surface area contributed by atoms with Crippen molar-refractivity contribution in [1.82, 2.24) is 10.2 Å². The quantitative estimate of drug-likeness (QED) is 0.599. The molecule has 31 heavy (non-hydrogen) atoms. The summed E-state index contributed by atoms with van der Waals surface area (Å²) in [5.41, 5.74) is 1.88. The number of benzene rings is 2. The molecule has 0 spiro atoms. The SMILES string of the molecule is CN=C(NCC1(c2cccc(F)c2)CCOCC1)N1CCN(c2ccc(F)cc2)CC1. The van der Waals surface area contributed by atoms with E-state index in [9.17, 15) is 8.78 Å². The van der Waals surface area contributed by atoms with E-state index in [0.29, 0.717) is 19.8 Å². The topological polar surface area (TPSA) is 40.1 Å². The Labute approximate surface area is 182 Å². The summed E-state index contributed by atoms with van der Waals surface area (Å²) in [5, 5.41) is 3.56. The van der Waals surface area contributed by atoms with Crippen molar-refractivity contribution < 1.29 is 13.5 Å². The van der Waals surface area contributed by atoms with E-state index < -0.39 is 0 Å². The monoisotopic (exact) mass is 428 g/mol. The van der Waals surface area contributed by atoms with Crippen LogP contribution in [0.2, 0.25) is 0 Å². The molecule has 2 aromatic carbocycles.